The monoisotopic (exact) mass is 511 g/mol. The van der Waals surface area contributed by atoms with Crippen LogP contribution in [0.15, 0.2) is 42.6 Å². The third-order valence-corrected chi connectivity index (χ3v) is 5.43. The van der Waals surface area contributed by atoms with Gasteiger partial charge in [0.25, 0.3) is 5.91 Å². The number of aliphatic hydroxyl groups excluding tert-OH is 1. The molecule has 1 amide bonds. The van der Waals surface area contributed by atoms with Crippen LogP contribution in [0.1, 0.15) is 29.3 Å². The van der Waals surface area contributed by atoms with Gasteiger partial charge in [-0.3, -0.25) is 4.79 Å². The van der Waals surface area contributed by atoms with Crippen molar-refractivity contribution in [2.24, 2.45) is 5.73 Å². The number of hydrogen-bond acceptors (Lipinski definition) is 5. The lowest BCUT2D eigenvalue weighted by Gasteiger charge is -2.17. The van der Waals surface area contributed by atoms with E-state index in [0.717, 1.165) is 28.6 Å². The highest BCUT2D eigenvalue weighted by molar-refractivity contribution is 6.05. The number of carbonyl (C=O) groups is 1. The number of primary amides is 1. The first-order valence-corrected chi connectivity index (χ1v) is 11.4. The van der Waals surface area contributed by atoms with E-state index in [-0.39, 0.29) is 30.8 Å². The second kappa shape index (κ2) is 12.1. The predicted octanol–water partition coefficient (Wildman–Crippen LogP) is 3.80. The van der Waals surface area contributed by atoms with Gasteiger partial charge in [0.1, 0.15) is 12.4 Å². The molecule has 1 aromatic heterocycles. The maximum absolute atomic E-state index is 13.4. The number of carbonyl (C=O) groups excluding carboxylic acids is 1. The number of fused-ring (bicyclic) bond motifs is 1. The van der Waals surface area contributed by atoms with E-state index in [1.165, 1.54) is 6.07 Å². The number of hydrogen-bond donors (Lipinski definition) is 3. The Morgan fingerprint density at radius 1 is 1.17 bits per heavy atom. The molecule has 196 valence electrons. The van der Waals surface area contributed by atoms with Gasteiger partial charge in [-0.15, -0.1) is 0 Å². The van der Waals surface area contributed by atoms with Crippen LogP contribution >= 0.6 is 0 Å². The lowest BCUT2D eigenvalue weighted by molar-refractivity contribution is -0.153. The largest absolute Gasteiger partial charge is 0.488 e. The molecule has 0 radical (unpaired) electrons. The molecule has 0 aliphatic heterocycles. The maximum Gasteiger partial charge on any atom is 0.422 e. The standard InChI is InChI=1S/C25H29F4N3O4/c1-16(31-6-10-35-21-4-3-19(26)14-22(21)36-15-25(27,28)29)11-17-12-18-5-8-32(7-2-9-33)23(18)20(13-17)24(30)34/h3-5,8,12-14,16,31,33H,2,6-7,9-11,15H2,1H3,(H2,30,34)/t16-/m0/s1. The molecule has 3 rings (SSSR count). The van der Waals surface area contributed by atoms with Crippen molar-refractivity contribution in [3.05, 3.63) is 59.5 Å². The Labute approximate surface area is 205 Å². The Hall–Kier alpha value is -3.31. The average molecular weight is 512 g/mol. The van der Waals surface area contributed by atoms with Gasteiger partial charge in [-0.05, 0) is 55.7 Å². The Bertz CT molecular complexity index is 1180. The number of nitrogens with two attached hydrogens (primary N) is 1. The summed E-state index contributed by atoms with van der Waals surface area (Å²) in [7, 11) is 0. The van der Waals surface area contributed by atoms with Crippen LogP contribution in [-0.2, 0) is 13.0 Å². The molecule has 0 aliphatic rings. The molecule has 11 heteroatoms. The number of aryl methyl sites for hydroxylation is 1. The molecule has 0 bridgehead atoms. The summed E-state index contributed by atoms with van der Waals surface area (Å²) in [6, 6.07) is 8.76. The molecule has 1 atom stereocenters. The fourth-order valence-corrected chi connectivity index (χ4v) is 3.91. The number of nitrogens with one attached hydrogen (secondary N) is 1. The molecule has 0 fully saturated rings. The first-order chi connectivity index (χ1) is 17.1. The summed E-state index contributed by atoms with van der Waals surface area (Å²) in [6.07, 6.45) is -1.56. The van der Waals surface area contributed by atoms with Crippen molar-refractivity contribution in [3.63, 3.8) is 0 Å². The number of rotatable bonds is 13. The number of aliphatic hydroxyl groups is 1. The highest BCUT2D eigenvalue weighted by atomic mass is 19.4. The zero-order chi connectivity index (χ0) is 26.3. The summed E-state index contributed by atoms with van der Waals surface area (Å²) >= 11 is 0. The normalized spacial score (nSPS) is 12.6. The Balaban J connectivity index is 1.58. The van der Waals surface area contributed by atoms with Gasteiger partial charge in [0.05, 0.1) is 11.1 Å². The lowest BCUT2D eigenvalue weighted by atomic mass is 10.0. The molecule has 2 aromatic carbocycles. The number of benzene rings is 2. The van der Waals surface area contributed by atoms with E-state index < -0.39 is 24.5 Å². The molecule has 0 aliphatic carbocycles. The topological polar surface area (TPSA) is 98.7 Å². The van der Waals surface area contributed by atoms with Gasteiger partial charge < -0.3 is 30.2 Å². The summed E-state index contributed by atoms with van der Waals surface area (Å²) < 4.78 is 62.8. The second-order valence-corrected chi connectivity index (χ2v) is 8.43. The van der Waals surface area contributed by atoms with Crippen molar-refractivity contribution in [1.82, 2.24) is 9.88 Å². The molecule has 0 spiro atoms. The Kier molecular flexibility index (Phi) is 9.16. The first-order valence-electron chi connectivity index (χ1n) is 11.4. The van der Waals surface area contributed by atoms with Crippen LogP contribution in [0.2, 0.25) is 0 Å². The van der Waals surface area contributed by atoms with Crippen molar-refractivity contribution in [1.29, 1.82) is 0 Å². The van der Waals surface area contributed by atoms with Crippen LogP contribution in [0.4, 0.5) is 17.6 Å². The van der Waals surface area contributed by atoms with Crippen LogP contribution in [-0.4, -0.2) is 54.2 Å². The summed E-state index contributed by atoms with van der Waals surface area (Å²) in [5.41, 5.74) is 7.67. The SMILES string of the molecule is C[C@@H](Cc1cc(C(N)=O)c2c(ccn2CCCO)c1)NCCOc1ccc(F)cc1OCC(F)(F)F. The summed E-state index contributed by atoms with van der Waals surface area (Å²) in [4.78, 5) is 12.1. The highest BCUT2D eigenvalue weighted by Gasteiger charge is 2.29. The smallest absolute Gasteiger partial charge is 0.422 e. The minimum atomic E-state index is -4.56. The van der Waals surface area contributed by atoms with Crippen LogP contribution < -0.4 is 20.5 Å². The Morgan fingerprint density at radius 3 is 2.64 bits per heavy atom. The number of amides is 1. The molecule has 1 heterocycles. The van der Waals surface area contributed by atoms with Crippen molar-refractivity contribution in [2.45, 2.75) is 38.5 Å². The van der Waals surface area contributed by atoms with Crippen molar-refractivity contribution in [2.75, 3.05) is 26.4 Å². The number of aromatic nitrogens is 1. The van der Waals surface area contributed by atoms with Crippen molar-refractivity contribution < 1.29 is 36.9 Å². The van der Waals surface area contributed by atoms with E-state index in [2.05, 4.69) is 10.1 Å². The first kappa shape index (κ1) is 27.3. The molecule has 4 N–H and O–H groups in total. The van der Waals surface area contributed by atoms with Gasteiger partial charge in [0, 0.05) is 43.4 Å². The van der Waals surface area contributed by atoms with Crippen LogP contribution in [0, 0.1) is 5.82 Å². The number of ether oxygens (including phenoxy) is 2. The summed E-state index contributed by atoms with van der Waals surface area (Å²) in [6.45, 7) is 1.46. The van der Waals surface area contributed by atoms with Crippen LogP contribution in [0.3, 0.4) is 0 Å². The van der Waals surface area contributed by atoms with Crippen LogP contribution in [0.5, 0.6) is 11.5 Å². The predicted molar refractivity (Wildman–Crippen MR) is 127 cm³/mol. The quantitative estimate of drug-likeness (QED) is 0.240. The maximum atomic E-state index is 13.4. The van der Waals surface area contributed by atoms with Crippen LogP contribution in [0.25, 0.3) is 10.9 Å². The van der Waals surface area contributed by atoms with E-state index in [1.54, 1.807) is 6.07 Å². The molecule has 3 aromatic rings. The van der Waals surface area contributed by atoms with E-state index >= 15 is 0 Å². The average Bonchev–Trinajstić information content (AvgIpc) is 3.21. The minimum absolute atomic E-state index is 0.0114. The van der Waals surface area contributed by atoms with E-state index in [0.29, 0.717) is 31.5 Å². The summed E-state index contributed by atoms with van der Waals surface area (Å²) in [5.74, 6) is -1.58. The van der Waals surface area contributed by atoms with Gasteiger partial charge >= 0.3 is 6.18 Å². The third kappa shape index (κ3) is 7.59. The number of nitrogens with zero attached hydrogens (tertiary/aromatic N) is 1. The van der Waals surface area contributed by atoms with E-state index in [4.69, 9.17) is 15.6 Å². The van der Waals surface area contributed by atoms with Gasteiger partial charge in [-0.25, -0.2) is 4.39 Å². The fourth-order valence-electron chi connectivity index (χ4n) is 3.91. The number of alkyl halides is 3. The molecule has 0 saturated heterocycles. The van der Waals surface area contributed by atoms with Crippen molar-refractivity contribution >= 4 is 16.8 Å². The molecule has 36 heavy (non-hydrogen) atoms. The second-order valence-electron chi connectivity index (χ2n) is 8.43. The fraction of sp³-hybridized carbons (Fsp3) is 0.400. The zero-order valence-corrected chi connectivity index (χ0v) is 19.8. The van der Waals surface area contributed by atoms with Gasteiger partial charge in [0.15, 0.2) is 18.1 Å². The molecule has 0 saturated carbocycles. The summed E-state index contributed by atoms with van der Waals surface area (Å²) in [5, 5.41) is 13.2. The third-order valence-electron chi connectivity index (χ3n) is 5.43. The molecular formula is C25H29F4N3O4. The van der Waals surface area contributed by atoms with E-state index in [9.17, 15) is 22.4 Å². The molecule has 7 nitrogen and oxygen atoms in total. The lowest BCUT2D eigenvalue weighted by Crippen LogP contribution is -2.32. The van der Waals surface area contributed by atoms with Crippen molar-refractivity contribution in [3.8, 4) is 11.5 Å². The van der Waals surface area contributed by atoms with E-state index in [1.807, 2.05) is 29.8 Å². The highest BCUT2D eigenvalue weighted by Crippen LogP contribution is 2.30. The van der Waals surface area contributed by atoms with Gasteiger partial charge in [-0.2, -0.15) is 13.2 Å². The van der Waals surface area contributed by atoms with Gasteiger partial charge in [0.2, 0.25) is 0 Å². The zero-order valence-electron chi connectivity index (χ0n) is 19.8. The minimum Gasteiger partial charge on any atom is -0.488 e. The molecular weight excluding hydrogens is 482 g/mol. The van der Waals surface area contributed by atoms with Gasteiger partial charge in [-0.1, -0.05) is 0 Å². The Morgan fingerprint density at radius 2 is 1.94 bits per heavy atom. The number of halogens is 4. The molecule has 0 unspecified atom stereocenters.